The molecule has 0 N–H and O–H groups in total. The summed E-state index contributed by atoms with van der Waals surface area (Å²) in [6, 6.07) is 7.99. The van der Waals surface area contributed by atoms with E-state index < -0.39 is 5.54 Å². The summed E-state index contributed by atoms with van der Waals surface area (Å²) in [7, 11) is 1.72. The molecule has 0 bridgehead atoms. The second kappa shape index (κ2) is 9.65. The average molecular weight is 482 g/mol. The van der Waals surface area contributed by atoms with E-state index in [4.69, 9.17) is 4.98 Å². The first-order chi connectivity index (χ1) is 15.9. The van der Waals surface area contributed by atoms with Crippen LogP contribution in [0.3, 0.4) is 0 Å². The van der Waals surface area contributed by atoms with Crippen LogP contribution in [0.2, 0.25) is 0 Å². The minimum atomic E-state index is -0.733. The first kappa shape index (κ1) is 23.5. The van der Waals surface area contributed by atoms with Gasteiger partial charge < -0.3 is 4.90 Å². The number of nitrogens with zero attached hydrogens (tertiary/aromatic N) is 5. The Kier molecular flexibility index (Phi) is 6.86. The summed E-state index contributed by atoms with van der Waals surface area (Å²) in [5.74, 6) is -0.00981. The lowest BCUT2D eigenvalue weighted by atomic mass is 9.81. The third-order valence-corrected chi connectivity index (χ3v) is 8.59. The van der Waals surface area contributed by atoms with Crippen molar-refractivity contribution in [3.63, 3.8) is 0 Å². The fraction of sp³-hybridized carbons (Fsp3) is 0.458. The molecule has 0 radical (unpaired) electrons. The zero-order valence-electron chi connectivity index (χ0n) is 19.1. The smallest absolute Gasteiger partial charge is 0.263 e. The zero-order chi connectivity index (χ0) is 23.6. The number of pyridine rings is 1. The molecule has 0 aliphatic heterocycles. The van der Waals surface area contributed by atoms with Crippen LogP contribution in [0.25, 0.3) is 10.2 Å². The molecule has 0 aromatic carbocycles. The van der Waals surface area contributed by atoms with Gasteiger partial charge in [-0.3, -0.25) is 19.1 Å². The highest BCUT2D eigenvalue weighted by Crippen LogP contribution is 2.33. The van der Waals surface area contributed by atoms with E-state index in [1.54, 1.807) is 22.7 Å². The van der Waals surface area contributed by atoms with Crippen LogP contribution >= 0.6 is 23.1 Å². The molecule has 3 aromatic heterocycles. The molecule has 1 fully saturated rings. The molecule has 9 heteroatoms. The van der Waals surface area contributed by atoms with Crippen molar-refractivity contribution in [1.29, 1.82) is 5.26 Å². The van der Waals surface area contributed by atoms with Gasteiger partial charge in [0.25, 0.3) is 5.56 Å². The molecule has 4 rings (SSSR count). The van der Waals surface area contributed by atoms with Crippen LogP contribution in [0.4, 0.5) is 0 Å². The number of nitriles is 1. The lowest BCUT2D eigenvalue weighted by Gasteiger charge is -2.39. The molecular weight excluding hydrogens is 454 g/mol. The van der Waals surface area contributed by atoms with Gasteiger partial charge in [0.05, 0.1) is 29.4 Å². The summed E-state index contributed by atoms with van der Waals surface area (Å²) in [4.78, 5) is 39.0. The summed E-state index contributed by atoms with van der Waals surface area (Å²) in [6.45, 7) is 4.21. The third kappa shape index (κ3) is 4.55. The van der Waals surface area contributed by atoms with Crippen molar-refractivity contribution in [3.8, 4) is 6.07 Å². The maximum atomic E-state index is 13.5. The first-order valence-corrected chi connectivity index (χ1v) is 12.9. The predicted molar refractivity (Wildman–Crippen MR) is 132 cm³/mol. The van der Waals surface area contributed by atoms with Gasteiger partial charge >= 0.3 is 0 Å². The van der Waals surface area contributed by atoms with E-state index in [2.05, 4.69) is 11.1 Å². The molecule has 7 nitrogen and oxygen atoms in total. The zero-order valence-corrected chi connectivity index (χ0v) is 20.8. The Morgan fingerprint density at radius 3 is 2.73 bits per heavy atom. The minimum Gasteiger partial charge on any atom is -0.326 e. The summed E-state index contributed by atoms with van der Waals surface area (Å²) < 4.78 is 1.61. The molecule has 3 aromatic rings. The van der Waals surface area contributed by atoms with Crippen molar-refractivity contribution in [2.24, 2.45) is 0 Å². The molecule has 0 unspecified atom stereocenters. The Hall–Kier alpha value is -2.70. The van der Waals surface area contributed by atoms with E-state index in [1.165, 1.54) is 23.1 Å². The summed E-state index contributed by atoms with van der Waals surface area (Å²) in [5, 5.41) is 11.0. The predicted octanol–water partition coefficient (Wildman–Crippen LogP) is 4.30. The maximum Gasteiger partial charge on any atom is 0.263 e. The Labute approximate surface area is 201 Å². The number of carbonyl (C=O) groups excluding carboxylic acids is 1. The number of carbonyl (C=O) groups is 1. The molecule has 1 aliphatic rings. The highest BCUT2D eigenvalue weighted by molar-refractivity contribution is 7.99. The highest BCUT2D eigenvalue weighted by Gasteiger charge is 2.38. The SMILES string of the molecule is Cc1sc2nc(SCC(=O)N(C)C3(C#N)CCCCC3)n(Cc3ccccn3)c(=O)c2c1C. The van der Waals surface area contributed by atoms with E-state index in [9.17, 15) is 14.9 Å². The molecule has 33 heavy (non-hydrogen) atoms. The number of hydrogen-bond donors (Lipinski definition) is 0. The Bertz CT molecular complexity index is 1270. The quantitative estimate of drug-likeness (QED) is 0.385. The van der Waals surface area contributed by atoms with Crippen molar-refractivity contribution < 1.29 is 4.79 Å². The van der Waals surface area contributed by atoms with Gasteiger partial charge in [0.15, 0.2) is 5.16 Å². The van der Waals surface area contributed by atoms with E-state index in [0.717, 1.165) is 35.4 Å². The normalized spacial score (nSPS) is 15.3. The maximum absolute atomic E-state index is 13.5. The van der Waals surface area contributed by atoms with E-state index in [1.807, 2.05) is 32.0 Å². The fourth-order valence-electron chi connectivity index (χ4n) is 4.33. The first-order valence-electron chi connectivity index (χ1n) is 11.1. The summed E-state index contributed by atoms with van der Waals surface area (Å²) in [6.07, 6.45) is 6.12. The molecule has 172 valence electrons. The summed E-state index contributed by atoms with van der Waals surface area (Å²) in [5.41, 5.74) is 0.851. The van der Waals surface area contributed by atoms with Crippen molar-refractivity contribution >= 4 is 39.2 Å². The van der Waals surface area contributed by atoms with Crippen LogP contribution < -0.4 is 5.56 Å². The molecule has 0 atom stereocenters. The van der Waals surface area contributed by atoms with Gasteiger partial charge in [0.2, 0.25) is 5.91 Å². The average Bonchev–Trinajstić information content (AvgIpc) is 3.13. The Morgan fingerprint density at radius 1 is 1.30 bits per heavy atom. The van der Waals surface area contributed by atoms with Crippen molar-refractivity contribution in [2.75, 3.05) is 12.8 Å². The number of aryl methyl sites for hydroxylation is 2. The number of amides is 1. The largest absolute Gasteiger partial charge is 0.326 e. The molecular formula is C24H27N5O2S2. The number of rotatable bonds is 6. The van der Waals surface area contributed by atoms with Crippen LogP contribution in [0.5, 0.6) is 0 Å². The molecule has 1 saturated carbocycles. The minimum absolute atomic E-state index is 0.114. The Balaban J connectivity index is 1.65. The standard InChI is InChI=1S/C24H27N5O2S2/c1-16-17(2)33-21-20(16)22(31)29(13-18-9-5-8-12-26-18)23(27-21)32-14-19(30)28(3)24(15-25)10-6-4-7-11-24/h5,8-9,12H,4,6-7,10-11,13-14H2,1-3H3. The van der Waals surface area contributed by atoms with Gasteiger partial charge in [-0.25, -0.2) is 4.98 Å². The number of aromatic nitrogens is 3. The Morgan fingerprint density at radius 2 is 2.06 bits per heavy atom. The number of thioether (sulfide) groups is 1. The van der Waals surface area contributed by atoms with Crippen molar-refractivity contribution in [1.82, 2.24) is 19.4 Å². The van der Waals surface area contributed by atoms with Gasteiger partial charge in [0, 0.05) is 18.1 Å². The lowest BCUT2D eigenvalue weighted by molar-refractivity contribution is -0.131. The van der Waals surface area contributed by atoms with Gasteiger partial charge in [-0.05, 0) is 44.4 Å². The monoisotopic (exact) mass is 481 g/mol. The van der Waals surface area contributed by atoms with E-state index in [-0.39, 0.29) is 23.8 Å². The molecule has 1 amide bonds. The molecule has 1 aliphatic carbocycles. The number of hydrogen-bond acceptors (Lipinski definition) is 7. The topological polar surface area (TPSA) is 91.9 Å². The fourth-order valence-corrected chi connectivity index (χ4v) is 6.32. The molecule has 0 saturated heterocycles. The van der Waals surface area contributed by atoms with Crippen LogP contribution in [-0.2, 0) is 11.3 Å². The van der Waals surface area contributed by atoms with E-state index >= 15 is 0 Å². The van der Waals surface area contributed by atoms with Crippen molar-refractivity contribution in [2.45, 2.75) is 63.2 Å². The summed E-state index contributed by atoms with van der Waals surface area (Å²) >= 11 is 2.75. The van der Waals surface area contributed by atoms with Gasteiger partial charge in [-0.15, -0.1) is 11.3 Å². The lowest BCUT2D eigenvalue weighted by Crippen LogP contribution is -2.50. The molecule has 0 spiro atoms. The molecule has 3 heterocycles. The van der Waals surface area contributed by atoms with E-state index in [0.29, 0.717) is 28.2 Å². The van der Waals surface area contributed by atoms with Crippen LogP contribution in [0.15, 0.2) is 34.3 Å². The highest BCUT2D eigenvalue weighted by atomic mass is 32.2. The van der Waals surface area contributed by atoms with Gasteiger partial charge in [0.1, 0.15) is 10.4 Å². The van der Waals surface area contributed by atoms with Crippen LogP contribution in [0, 0.1) is 25.2 Å². The van der Waals surface area contributed by atoms with Gasteiger partial charge in [-0.1, -0.05) is 37.1 Å². The second-order valence-corrected chi connectivity index (χ2v) is 10.7. The third-order valence-electron chi connectivity index (χ3n) is 6.53. The van der Waals surface area contributed by atoms with Gasteiger partial charge in [-0.2, -0.15) is 5.26 Å². The second-order valence-electron chi connectivity index (χ2n) is 8.52. The van der Waals surface area contributed by atoms with Crippen LogP contribution in [-0.4, -0.2) is 43.7 Å². The van der Waals surface area contributed by atoms with Crippen molar-refractivity contribution in [3.05, 3.63) is 50.9 Å². The van der Waals surface area contributed by atoms with Crippen LogP contribution in [0.1, 0.15) is 48.2 Å². The number of fused-ring (bicyclic) bond motifs is 1. The number of thiophene rings is 1.